The van der Waals surface area contributed by atoms with E-state index in [1.165, 1.54) is 10.6 Å². The summed E-state index contributed by atoms with van der Waals surface area (Å²) in [6.45, 7) is 2.06. The first-order chi connectivity index (χ1) is 14.3. The van der Waals surface area contributed by atoms with E-state index in [1.807, 2.05) is 61.5 Å². The number of rotatable bonds is 8. The molecule has 0 heterocycles. The number of carbonyl (C=O) groups excluding carboxylic acids is 1. The molecule has 0 aliphatic heterocycles. The number of sulfonamides is 1. The van der Waals surface area contributed by atoms with E-state index in [9.17, 15) is 13.2 Å². The monoisotopic (exact) mass is 424 g/mol. The molecule has 0 fully saturated rings. The van der Waals surface area contributed by atoms with Crippen molar-refractivity contribution in [2.45, 2.75) is 13.5 Å². The molecule has 0 aliphatic carbocycles. The van der Waals surface area contributed by atoms with Crippen LogP contribution in [0.4, 0.5) is 11.4 Å². The zero-order valence-electron chi connectivity index (χ0n) is 16.9. The van der Waals surface area contributed by atoms with Crippen molar-refractivity contribution >= 4 is 27.3 Å². The molecule has 0 aromatic heterocycles. The van der Waals surface area contributed by atoms with Gasteiger partial charge in [0.05, 0.1) is 18.5 Å². The summed E-state index contributed by atoms with van der Waals surface area (Å²) in [7, 11) is -3.46. The van der Waals surface area contributed by atoms with Crippen LogP contribution in [0.3, 0.4) is 0 Å². The Morgan fingerprint density at radius 1 is 0.933 bits per heavy atom. The normalized spacial score (nSPS) is 11.0. The Balaban J connectivity index is 1.62. The number of benzene rings is 3. The van der Waals surface area contributed by atoms with Gasteiger partial charge in [-0.3, -0.25) is 9.10 Å². The fourth-order valence-corrected chi connectivity index (χ4v) is 3.73. The van der Waals surface area contributed by atoms with E-state index in [-0.39, 0.29) is 19.1 Å². The van der Waals surface area contributed by atoms with E-state index < -0.39 is 10.0 Å². The second-order valence-corrected chi connectivity index (χ2v) is 8.86. The maximum Gasteiger partial charge on any atom is 0.262 e. The van der Waals surface area contributed by atoms with Crippen LogP contribution in [0.25, 0.3) is 0 Å². The van der Waals surface area contributed by atoms with E-state index in [4.69, 9.17) is 4.74 Å². The number of amides is 1. The molecule has 0 bridgehead atoms. The van der Waals surface area contributed by atoms with E-state index in [1.54, 1.807) is 24.3 Å². The summed E-state index contributed by atoms with van der Waals surface area (Å²) in [4.78, 5) is 12.1. The predicted molar refractivity (Wildman–Crippen MR) is 119 cm³/mol. The summed E-state index contributed by atoms with van der Waals surface area (Å²) in [5, 5.41) is 2.76. The molecular weight excluding hydrogens is 400 g/mol. The van der Waals surface area contributed by atoms with E-state index in [2.05, 4.69) is 5.32 Å². The molecule has 3 aromatic carbocycles. The zero-order valence-corrected chi connectivity index (χ0v) is 17.7. The molecule has 0 aliphatic rings. The van der Waals surface area contributed by atoms with Crippen molar-refractivity contribution < 1.29 is 17.9 Å². The van der Waals surface area contributed by atoms with E-state index in [0.717, 1.165) is 11.1 Å². The molecule has 3 aromatic rings. The maximum atomic E-state index is 12.3. The standard InChI is InChI=1S/C23H24N2O4S/c1-18-8-10-20(11-9-18)24-23(26)17-29-22-14-12-21(13-15-22)25(30(2,27)28)16-19-6-4-3-5-7-19/h3-15H,16-17H2,1-2H3,(H,24,26). The van der Waals surface area contributed by atoms with Crippen molar-refractivity contribution in [1.29, 1.82) is 0 Å². The van der Waals surface area contributed by atoms with Gasteiger partial charge in [0.25, 0.3) is 5.91 Å². The number of ether oxygens (including phenoxy) is 1. The van der Waals surface area contributed by atoms with Crippen LogP contribution in [0.15, 0.2) is 78.9 Å². The fraction of sp³-hybridized carbons (Fsp3) is 0.174. The molecule has 0 saturated carbocycles. The lowest BCUT2D eigenvalue weighted by Gasteiger charge is -2.22. The third-order valence-corrected chi connectivity index (χ3v) is 5.54. The van der Waals surface area contributed by atoms with Crippen LogP contribution < -0.4 is 14.4 Å². The minimum atomic E-state index is -3.46. The van der Waals surface area contributed by atoms with E-state index >= 15 is 0 Å². The highest BCUT2D eigenvalue weighted by Gasteiger charge is 2.18. The van der Waals surface area contributed by atoms with Gasteiger partial charge >= 0.3 is 0 Å². The molecule has 30 heavy (non-hydrogen) atoms. The van der Waals surface area contributed by atoms with Crippen molar-refractivity contribution in [2.24, 2.45) is 0 Å². The van der Waals surface area contributed by atoms with Crippen LogP contribution in [-0.4, -0.2) is 27.2 Å². The molecule has 0 radical (unpaired) electrons. The molecular formula is C23H24N2O4S. The van der Waals surface area contributed by atoms with Gasteiger partial charge in [0.15, 0.2) is 6.61 Å². The average Bonchev–Trinajstić information content (AvgIpc) is 2.73. The van der Waals surface area contributed by atoms with Crippen LogP contribution >= 0.6 is 0 Å². The first kappa shape index (κ1) is 21.4. The Hall–Kier alpha value is -3.32. The molecule has 1 N–H and O–H groups in total. The van der Waals surface area contributed by atoms with Crippen molar-refractivity contribution in [1.82, 2.24) is 0 Å². The summed E-state index contributed by atoms with van der Waals surface area (Å²) in [6, 6.07) is 23.5. The number of anilines is 2. The minimum absolute atomic E-state index is 0.146. The van der Waals surface area contributed by atoms with Crippen LogP contribution in [0, 0.1) is 6.92 Å². The Kier molecular flexibility index (Phi) is 6.74. The summed E-state index contributed by atoms with van der Waals surface area (Å²) in [5.41, 5.74) is 3.22. The first-order valence-electron chi connectivity index (χ1n) is 9.42. The van der Waals surface area contributed by atoms with Crippen molar-refractivity contribution in [3.8, 4) is 5.75 Å². The van der Waals surface area contributed by atoms with Gasteiger partial charge in [-0.15, -0.1) is 0 Å². The fourth-order valence-electron chi connectivity index (χ4n) is 2.84. The van der Waals surface area contributed by atoms with Crippen LogP contribution in [0.5, 0.6) is 5.75 Å². The average molecular weight is 425 g/mol. The number of hydrogen-bond donors (Lipinski definition) is 1. The molecule has 1 amide bonds. The molecule has 0 atom stereocenters. The Labute approximate surface area is 177 Å². The second kappa shape index (κ2) is 9.45. The van der Waals surface area contributed by atoms with Gasteiger partial charge < -0.3 is 10.1 Å². The molecule has 0 saturated heterocycles. The lowest BCUT2D eigenvalue weighted by atomic mass is 10.2. The lowest BCUT2D eigenvalue weighted by Crippen LogP contribution is -2.29. The van der Waals surface area contributed by atoms with Crippen molar-refractivity contribution in [3.05, 3.63) is 90.0 Å². The Morgan fingerprint density at radius 2 is 1.57 bits per heavy atom. The highest BCUT2D eigenvalue weighted by Crippen LogP contribution is 2.23. The molecule has 0 spiro atoms. The van der Waals surface area contributed by atoms with Gasteiger partial charge in [0.2, 0.25) is 10.0 Å². The predicted octanol–water partition coefficient (Wildman–Crippen LogP) is 3.98. The minimum Gasteiger partial charge on any atom is -0.484 e. The third kappa shape index (κ3) is 6.09. The number of hydrogen-bond acceptors (Lipinski definition) is 4. The second-order valence-electron chi connectivity index (χ2n) is 6.95. The largest absolute Gasteiger partial charge is 0.484 e. The third-order valence-electron chi connectivity index (χ3n) is 4.40. The summed E-state index contributed by atoms with van der Waals surface area (Å²) in [5.74, 6) is 0.204. The first-order valence-corrected chi connectivity index (χ1v) is 11.3. The van der Waals surface area contributed by atoms with Crippen LogP contribution in [-0.2, 0) is 21.4 Å². The van der Waals surface area contributed by atoms with E-state index in [0.29, 0.717) is 17.1 Å². The molecule has 6 nitrogen and oxygen atoms in total. The summed E-state index contributed by atoms with van der Waals surface area (Å²) in [6.07, 6.45) is 1.18. The summed E-state index contributed by atoms with van der Waals surface area (Å²) < 4.78 is 31.4. The molecule has 0 unspecified atom stereocenters. The highest BCUT2D eigenvalue weighted by atomic mass is 32.2. The molecule has 7 heteroatoms. The van der Waals surface area contributed by atoms with Crippen molar-refractivity contribution in [2.75, 3.05) is 22.5 Å². The van der Waals surface area contributed by atoms with Gasteiger partial charge in [-0.05, 0) is 48.9 Å². The SMILES string of the molecule is Cc1ccc(NC(=O)COc2ccc(N(Cc3ccccc3)S(C)(=O)=O)cc2)cc1. The topological polar surface area (TPSA) is 75.7 Å². The maximum absolute atomic E-state index is 12.3. The number of aryl methyl sites for hydroxylation is 1. The van der Waals surface area contributed by atoms with Crippen molar-refractivity contribution in [3.63, 3.8) is 0 Å². The highest BCUT2D eigenvalue weighted by molar-refractivity contribution is 7.92. The van der Waals surface area contributed by atoms with Gasteiger partial charge in [-0.2, -0.15) is 0 Å². The summed E-state index contributed by atoms with van der Waals surface area (Å²) >= 11 is 0. The van der Waals surface area contributed by atoms with Gasteiger partial charge in [0, 0.05) is 5.69 Å². The number of carbonyl (C=O) groups is 1. The number of nitrogens with one attached hydrogen (secondary N) is 1. The molecule has 156 valence electrons. The zero-order chi connectivity index (χ0) is 21.6. The van der Waals surface area contributed by atoms with Gasteiger partial charge in [-0.25, -0.2) is 8.42 Å². The Bertz CT molecular complexity index is 1080. The lowest BCUT2D eigenvalue weighted by molar-refractivity contribution is -0.118. The quantitative estimate of drug-likeness (QED) is 0.594. The smallest absolute Gasteiger partial charge is 0.262 e. The van der Waals surface area contributed by atoms with Gasteiger partial charge in [-0.1, -0.05) is 48.0 Å². The van der Waals surface area contributed by atoms with Gasteiger partial charge in [0.1, 0.15) is 5.75 Å². The van der Waals surface area contributed by atoms with Crippen LogP contribution in [0.2, 0.25) is 0 Å². The van der Waals surface area contributed by atoms with Crippen LogP contribution in [0.1, 0.15) is 11.1 Å². The number of nitrogens with zero attached hydrogens (tertiary/aromatic N) is 1. The molecule has 3 rings (SSSR count). The Morgan fingerprint density at radius 3 is 2.17 bits per heavy atom.